The molecule has 0 spiro atoms. The van der Waals surface area contributed by atoms with E-state index in [-0.39, 0.29) is 6.04 Å². The van der Waals surface area contributed by atoms with E-state index < -0.39 is 0 Å². The quantitative estimate of drug-likeness (QED) is 0.786. The Labute approximate surface area is 104 Å². The zero-order chi connectivity index (χ0) is 12.1. The second kappa shape index (κ2) is 5.79. The summed E-state index contributed by atoms with van der Waals surface area (Å²) in [5, 5.41) is 11.1. The Kier molecular flexibility index (Phi) is 4.11. The lowest BCUT2D eigenvalue weighted by Crippen LogP contribution is -2.26. The Morgan fingerprint density at radius 2 is 2.47 bits per heavy atom. The molecule has 0 aromatic carbocycles. The smallest absolute Gasteiger partial charge is 0.203 e. The summed E-state index contributed by atoms with van der Waals surface area (Å²) in [7, 11) is 1.66. The molecule has 0 bridgehead atoms. The first-order chi connectivity index (χ1) is 8.35. The molecule has 0 saturated carbocycles. The maximum Gasteiger partial charge on any atom is 0.203 e. The Morgan fingerprint density at radius 3 is 3.24 bits per heavy atom. The van der Waals surface area contributed by atoms with E-state index in [9.17, 15) is 0 Å². The summed E-state index contributed by atoms with van der Waals surface area (Å²) in [6, 6.07) is 0.118. The molecule has 0 aliphatic heterocycles. The van der Waals surface area contributed by atoms with Gasteiger partial charge in [-0.3, -0.25) is 4.40 Å². The van der Waals surface area contributed by atoms with Crippen LogP contribution >= 0.6 is 11.6 Å². The number of rotatable bonds is 6. The van der Waals surface area contributed by atoms with Crippen LogP contribution in [-0.2, 0) is 4.74 Å². The van der Waals surface area contributed by atoms with Gasteiger partial charge in [0.05, 0.1) is 12.6 Å². The fraction of sp³-hybridized carbons (Fsp3) is 0.500. The SMILES string of the molecule is COCC(CCCl)Nc1nccn2cnnc12. The first-order valence-corrected chi connectivity index (χ1v) is 5.84. The van der Waals surface area contributed by atoms with Crippen LogP contribution < -0.4 is 5.32 Å². The van der Waals surface area contributed by atoms with Crippen molar-refractivity contribution < 1.29 is 4.74 Å². The number of hydrogen-bond donors (Lipinski definition) is 1. The standard InChI is InChI=1S/C10H14ClN5O/c1-17-6-8(2-3-11)14-9-10-15-13-7-16(10)5-4-12-9/h4-5,7-8H,2-3,6H2,1H3,(H,12,14). The van der Waals surface area contributed by atoms with Gasteiger partial charge in [-0.25, -0.2) is 4.98 Å². The van der Waals surface area contributed by atoms with E-state index in [4.69, 9.17) is 16.3 Å². The zero-order valence-electron chi connectivity index (χ0n) is 9.51. The van der Waals surface area contributed by atoms with Gasteiger partial charge >= 0.3 is 0 Å². The van der Waals surface area contributed by atoms with Crippen molar-refractivity contribution in [3.05, 3.63) is 18.7 Å². The van der Waals surface area contributed by atoms with Gasteiger partial charge < -0.3 is 10.1 Å². The summed E-state index contributed by atoms with van der Waals surface area (Å²) < 4.78 is 6.94. The number of methoxy groups -OCH3 is 1. The molecule has 2 aromatic heterocycles. The van der Waals surface area contributed by atoms with Crippen LogP contribution in [0.3, 0.4) is 0 Å². The maximum atomic E-state index is 5.75. The van der Waals surface area contributed by atoms with E-state index in [0.29, 0.717) is 24.0 Å². The Morgan fingerprint density at radius 1 is 1.59 bits per heavy atom. The van der Waals surface area contributed by atoms with Gasteiger partial charge in [0.1, 0.15) is 6.33 Å². The Balaban J connectivity index is 2.18. The molecule has 0 aliphatic rings. The van der Waals surface area contributed by atoms with Crippen LogP contribution in [0.15, 0.2) is 18.7 Å². The van der Waals surface area contributed by atoms with Crippen molar-refractivity contribution in [3.8, 4) is 0 Å². The van der Waals surface area contributed by atoms with Gasteiger partial charge in [0.15, 0.2) is 5.82 Å². The van der Waals surface area contributed by atoms with Crippen LogP contribution in [0.25, 0.3) is 5.65 Å². The fourth-order valence-electron chi connectivity index (χ4n) is 1.58. The van der Waals surface area contributed by atoms with E-state index in [2.05, 4.69) is 20.5 Å². The van der Waals surface area contributed by atoms with E-state index >= 15 is 0 Å². The highest BCUT2D eigenvalue weighted by Crippen LogP contribution is 2.12. The zero-order valence-corrected chi connectivity index (χ0v) is 10.3. The number of halogens is 1. The van der Waals surface area contributed by atoms with Gasteiger partial charge in [0.2, 0.25) is 5.65 Å². The van der Waals surface area contributed by atoms with Crippen molar-refractivity contribution in [1.29, 1.82) is 0 Å². The molecule has 1 unspecified atom stereocenters. The molecule has 2 heterocycles. The lowest BCUT2D eigenvalue weighted by Gasteiger charge is -2.17. The third-order valence-corrected chi connectivity index (χ3v) is 2.60. The number of aromatic nitrogens is 4. The number of alkyl halides is 1. The number of nitrogens with one attached hydrogen (secondary N) is 1. The predicted molar refractivity (Wildman–Crippen MR) is 65.4 cm³/mol. The first kappa shape index (κ1) is 12.1. The molecule has 7 heteroatoms. The Hall–Kier alpha value is -1.40. The number of fused-ring (bicyclic) bond motifs is 1. The van der Waals surface area contributed by atoms with Crippen LogP contribution in [0.5, 0.6) is 0 Å². The van der Waals surface area contributed by atoms with Gasteiger partial charge in [-0.15, -0.1) is 21.8 Å². The lowest BCUT2D eigenvalue weighted by atomic mass is 10.2. The third kappa shape index (κ3) is 2.83. The predicted octanol–water partition coefficient (Wildman–Crippen LogP) is 1.18. The second-order valence-corrected chi connectivity index (χ2v) is 3.99. The van der Waals surface area contributed by atoms with Crippen LogP contribution in [0.2, 0.25) is 0 Å². The van der Waals surface area contributed by atoms with Crippen molar-refractivity contribution >= 4 is 23.1 Å². The van der Waals surface area contributed by atoms with Crippen molar-refractivity contribution in [1.82, 2.24) is 19.6 Å². The number of anilines is 1. The van der Waals surface area contributed by atoms with Gasteiger partial charge in [0.25, 0.3) is 0 Å². The van der Waals surface area contributed by atoms with Gasteiger partial charge in [-0.1, -0.05) is 0 Å². The first-order valence-electron chi connectivity index (χ1n) is 5.31. The molecule has 0 radical (unpaired) electrons. The summed E-state index contributed by atoms with van der Waals surface area (Å²) >= 11 is 5.75. The second-order valence-electron chi connectivity index (χ2n) is 3.61. The lowest BCUT2D eigenvalue weighted by molar-refractivity contribution is 0.184. The number of hydrogen-bond acceptors (Lipinski definition) is 5. The third-order valence-electron chi connectivity index (χ3n) is 2.38. The van der Waals surface area contributed by atoms with E-state index in [1.165, 1.54) is 0 Å². The normalized spacial score (nSPS) is 12.8. The highest BCUT2D eigenvalue weighted by Gasteiger charge is 2.11. The van der Waals surface area contributed by atoms with Gasteiger partial charge in [-0.2, -0.15) is 0 Å². The monoisotopic (exact) mass is 255 g/mol. The average molecular weight is 256 g/mol. The van der Waals surface area contributed by atoms with E-state index in [1.54, 1.807) is 30.2 Å². The molecule has 17 heavy (non-hydrogen) atoms. The van der Waals surface area contributed by atoms with Gasteiger partial charge in [-0.05, 0) is 6.42 Å². The topological polar surface area (TPSA) is 64.3 Å². The molecule has 2 aromatic rings. The largest absolute Gasteiger partial charge is 0.383 e. The van der Waals surface area contributed by atoms with Crippen LogP contribution in [0.4, 0.5) is 5.82 Å². The minimum Gasteiger partial charge on any atom is -0.383 e. The summed E-state index contributed by atoms with van der Waals surface area (Å²) in [4.78, 5) is 4.25. The van der Waals surface area contributed by atoms with Crippen LogP contribution in [0, 0.1) is 0 Å². The van der Waals surface area contributed by atoms with Crippen LogP contribution in [0.1, 0.15) is 6.42 Å². The molecule has 1 atom stereocenters. The molecule has 0 aliphatic carbocycles. The molecular formula is C10H14ClN5O. The summed E-state index contributed by atoms with van der Waals surface area (Å²) in [6.07, 6.45) is 5.93. The average Bonchev–Trinajstić information content (AvgIpc) is 2.79. The molecule has 1 N–H and O–H groups in total. The minimum atomic E-state index is 0.118. The Bertz CT molecular complexity index is 468. The fourth-order valence-corrected chi connectivity index (χ4v) is 1.85. The molecule has 92 valence electrons. The van der Waals surface area contributed by atoms with Crippen LogP contribution in [-0.4, -0.2) is 45.2 Å². The summed E-state index contributed by atoms with van der Waals surface area (Å²) in [6.45, 7) is 0.573. The molecule has 0 fully saturated rings. The summed E-state index contributed by atoms with van der Waals surface area (Å²) in [5.41, 5.74) is 0.697. The number of ether oxygens (including phenoxy) is 1. The van der Waals surface area contributed by atoms with Gasteiger partial charge in [0, 0.05) is 25.4 Å². The van der Waals surface area contributed by atoms with E-state index in [1.807, 2.05) is 0 Å². The molecule has 6 nitrogen and oxygen atoms in total. The number of nitrogens with zero attached hydrogens (tertiary/aromatic N) is 4. The molecule has 2 rings (SSSR count). The molecule has 0 saturated heterocycles. The van der Waals surface area contributed by atoms with E-state index in [0.717, 1.165) is 6.42 Å². The highest BCUT2D eigenvalue weighted by atomic mass is 35.5. The highest BCUT2D eigenvalue weighted by molar-refractivity contribution is 6.17. The maximum absolute atomic E-state index is 5.75. The van der Waals surface area contributed by atoms with Crippen molar-refractivity contribution in [2.75, 3.05) is 24.9 Å². The minimum absolute atomic E-state index is 0.118. The molecular weight excluding hydrogens is 242 g/mol. The molecule has 0 amide bonds. The van der Waals surface area contributed by atoms with Crippen molar-refractivity contribution in [2.24, 2.45) is 0 Å². The summed E-state index contributed by atoms with van der Waals surface area (Å²) in [5.74, 6) is 1.26. The van der Waals surface area contributed by atoms with Crippen molar-refractivity contribution in [3.63, 3.8) is 0 Å². The van der Waals surface area contributed by atoms with Crippen molar-refractivity contribution in [2.45, 2.75) is 12.5 Å².